The Bertz CT molecular complexity index is 466. The number of hydrogen-bond donors (Lipinski definition) is 2. The van der Waals surface area contributed by atoms with Crippen molar-refractivity contribution >= 4 is 24.2 Å². The standard InChI is InChI=1S/C12H18O7.C4H4O4/c1-3-5-16-11(13)18-9-7-15-8-10-19-12(14)17-6-4-2;5-3(6)1-2-4(7)8/h3-4H,1-2,5-10H2;1-2H,(H,5,6)(H,7,8)/b;2-1-. The number of ether oxygens (including phenoxy) is 5. The van der Waals surface area contributed by atoms with E-state index in [9.17, 15) is 19.2 Å². The van der Waals surface area contributed by atoms with Gasteiger partial charge < -0.3 is 33.9 Å². The zero-order valence-corrected chi connectivity index (χ0v) is 14.5. The Kier molecular flexibility index (Phi) is 18.2. The van der Waals surface area contributed by atoms with Crippen LogP contribution in [0.5, 0.6) is 0 Å². The number of carbonyl (C=O) groups excluding carboxylic acids is 2. The molecule has 0 aromatic carbocycles. The molecule has 0 saturated heterocycles. The van der Waals surface area contributed by atoms with Crippen LogP contribution in [0.25, 0.3) is 0 Å². The van der Waals surface area contributed by atoms with Gasteiger partial charge in [0, 0.05) is 12.2 Å². The summed E-state index contributed by atoms with van der Waals surface area (Å²) < 4.78 is 23.5. The van der Waals surface area contributed by atoms with Crippen LogP contribution in [-0.4, -0.2) is 74.1 Å². The zero-order chi connectivity index (χ0) is 20.9. The number of aliphatic carboxylic acids is 2. The minimum atomic E-state index is -1.26. The van der Waals surface area contributed by atoms with Crippen LogP contribution >= 0.6 is 0 Å². The van der Waals surface area contributed by atoms with E-state index in [1.165, 1.54) is 12.2 Å². The molecule has 0 fully saturated rings. The molecule has 27 heavy (non-hydrogen) atoms. The summed E-state index contributed by atoms with van der Waals surface area (Å²) in [5.41, 5.74) is 0. The van der Waals surface area contributed by atoms with Crippen molar-refractivity contribution in [1.82, 2.24) is 0 Å². The molecule has 152 valence electrons. The lowest BCUT2D eigenvalue weighted by Crippen LogP contribution is -2.15. The molecular weight excluding hydrogens is 368 g/mol. The number of carbonyl (C=O) groups is 4. The third-order valence-electron chi connectivity index (χ3n) is 1.90. The first kappa shape index (κ1) is 25.9. The van der Waals surface area contributed by atoms with Crippen LogP contribution in [0, 0.1) is 0 Å². The minimum absolute atomic E-state index is 0.0525. The Morgan fingerprint density at radius 1 is 0.667 bits per heavy atom. The second-order valence-corrected chi connectivity index (χ2v) is 4.02. The lowest BCUT2D eigenvalue weighted by molar-refractivity contribution is -0.134. The maximum Gasteiger partial charge on any atom is 0.508 e. The van der Waals surface area contributed by atoms with Crippen molar-refractivity contribution in [3.63, 3.8) is 0 Å². The molecule has 0 amide bonds. The summed E-state index contributed by atoms with van der Waals surface area (Å²) in [5.74, 6) is -2.51. The largest absolute Gasteiger partial charge is 0.508 e. The summed E-state index contributed by atoms with van der Waals surface area (Å²) in [6.45, 7) is 7.41. The lowest BCUT2D eigenvalue weighted by Gasteiger charge is -2.06. The average Bonchev–Trinajstić information content (AvgIpc) is 2.62. The van der Waals surface area contributed by atoms with Crippen LogP contribution in [-0.2, 0) is 33.3 Å². The van der Waals surface area contributed by atoms with Gasteiger partial charge in [0.05, 0.1) is 13.2 Å². The van der Waals surface area contributed by atoms with Gasteiger partial charge in [-0.15, -0.1) is 0 Å². The Balaban J connectivity index is 0. The van der Waals surface area contributed by atoms with E-state index in [-0.39, 0.29) is 39.6 Å². The lowest BCUT2D eigenvalue weighted by atomic mass is 10.5. The van der Waals surface area contributed by atoms with Crippen molar-refractivity contribution in [2.45, 2.75) is 0 Å². The Morgan fingerprint density at radius 3 is 1.33 bits per heavy atom. The van der Waals surface area contributed by atoms with E-state index >= 15 is 0 Å². The fourth-order valence-electron chi connectivity index (χ4n) is 0.950. The molecule has 0 unspecified atom stereocenters. The van der Waals surface area contributed by atoms with Gasteiger partial charge in [-0.05, 0) is 0 Å². The molecule has 0 aromatic heterocycles. The van der Waals surface area contributed by atoms with E-state index in [1.807, 2.05) is 0 Å². The molecular formula is C16H22O11. The molecule has 0 aromatic rings. The quantitative estimate of drug-likeness (QED) is 0.215. The number of rotatable bonds is 12. The molecule has 0 saturated carbocycles. The molecule has 0 radical (unpaired) electrons. The third kappa shape index (κ3) is 25.0. The molecule has 0 aliphatic carbocycles. The van der Waals surface area contributed by atoms with Crippen molar-refractivity contribution in [2.75, 3.05) is 39.6 Å². The molecule has 0 aliphatic heterocycles. The van der Waals surface area contributed by atoms with E-state index in [0.29, 0.717) is 12.2 Å². The average molecular weight is 390 g/mol. The van der Waals surface area contributed by atoms with Crippen molar-refractivity contribution < 1.29 is 53.1 Å². The predicted octanol–water partition coefficient (Wildman–Crippen LogP) is 1.39. The second kappa shape index (κ2) is 19.0. The first-order valence-corrected chi connectivity index (χ1v) is 7.36. The van der Waals surface area contributed by atoms with E-state index in [1.54, 1.807) is 0 Å². The molecule has 0 bridgehead atoms. The van der Waals surface area contributed by atoms with Crippen LogP contribution in [0.3, 0.4) is 0 Å². The highest BCUT2D eigenvalue weighted by Crippen LogP contribution is 1.88. The topological polar surface area (TPSA) is 155 Å². The Hall–Kier alpha value is -3.34. The van der Waals surface area contributed by atoms with E-state index < -0.39 is 24.2 Å². The van der Waals surface area contributed by atoms with E-state index in [4.69, 9.17) is 14.9 Å². The fourth-order valence-corrected chi connectivity index (χ4v) is 0.950. The van der Waals surface area contributed by atoms with Gasteiger partial charge in [-0.3, -0.25) is 0 Å². The monoisotopic (exact) mass is 390 g/mol. The number of carboxylic acid groups (broad SMARTS) is 2. The van der Waals surface area contributed by atoms with Gasteiger partial charge in [-0.1, -0.05) is 25.3 Å². The highest BCUT2D eigenvalue weighted by Gasteiger charge is 2.03. The summed E-state index contributed by atoms with van der Waals surface area (Å²) in [5, 5.41) is 15.6. The predicted molar refractivity (Wildman–Crippen MR) is 90.2 cm³/mol. The molecule has 0 rings (SSSR count). The van der Waals surface area contributed by atoms with Crippen LogP contribution in [0.15, 0.2) is 37.5 Å². The van der Waals surface area contributed by atoms with E-state index in [2.05, 4.69) is 32.1 Å². The molecule has 0 atom stereocenters. The maximum atomic E-state index is 10.8. The highest BCUT2D eigenvalue weighted by atomic mass is 16.7. The molecule has 0 aliphatic rings. The van der Waals surface area contributed by atoms with Crippen LogP contribution in [0.1, 0.15) is 0 Å². The summed E-state index contributed by atoms with van der Waals surface area (Å²) in [4.78, 5) is 40.8. The van der Waals surface area contributed by atoms with Gasteiger partial charge in [-0.2, -0.15) is 0 Å². The summed E-state index contributed by atoms with van der Waals surface area (Å²) in [6.07, 6.45) is 2.41. The van der Waals surface area contributed by atoms with E-state index in [0.717, 1.165) is 0 Å². The first-order chi connectivity index (χ1) is 12.8. The SMILES string of the molecule is C=CCOC(=O)OCCOCCOC(=O)OCC=C.O=C(O)/C=C\C(=O)O. The summed E-state index contributed by atoms with van der Waals surface area (Å²) in [6, 6.07) is 0. The smallest absolute Gasteiger partial charge is 0.478 e. The molecule has 11 nitrogen and oxygen atoms in total. The van der Waals surface area contributed by atoms with Crippen molar-refractivity contribution in [1.29, 1.82) is 0 Å². The van der Waals surface area contributed by atoms with Gasteiger partial charge in [0.25, 0.3) is 0 Å². The summed E-state index contributed by atoms with van der Waals surface area (Å²) in [7, 11) is 0. The minimum Gasteiger partial charge on any atom is -0.478 e. The van der Waals surface area contributed by atoms with Gasteiger partial charge >= 0.3 is 24.2 Å². The Labute approximate surface area is 155 Å². The zero-order valence-electron chi connectivity index (χ0n) is 14.5. The fraction of sp³-hybridized carbons (Fsp3) is 0.375. The van der Waals surface area contributed by atoms with Crippen LogP contribution in [0.2, 0.25) is 0 Å². The highest BCUT2D eigenvalue weighted by molar-refractivity contribution is 5.89. The molecule has 0 spiro atoms. The molecule has 2 N–H and O–H groups in total. The van der Waals surface area contributed by atoms with Crippen LogP contribution in [0.4, 0.5) is 9.59 Å². The first-order valence-electron chi connectivity index (χ1n) is 7.36. The van der Waals surface area contributed by atoms with Gasteiger partial charge in [0.1, 0.15) is 26.4 Å². The normalized spacial score (nSPS) is 9.33. The molecule has 0 heterocycles. The van der Waals surface area contributed by atoms with Crippen molar-refractivity contribution in [2.24, 2.45) is 0 Å². The van der Waals surface area contributed by atoms with Gasteiger partial charge in [0.15, 0.2) is 0 Å². The van der Waals surface area contributed by atoms with Gasteiger partial charge in [0.2, 0.25) is 0 Å². The van der Waals surface area contributed by atoms with Crippen molar-refractivity contribution in [3.8, 4) is 0 Å². The third-order valence-corrected chi connectivity index (χ3v) is 1.90. The maximum absolute atomic E-state index is 10.8. The Morgan fingerprint density at radius 2 is 1.04 bits per heavy atom. The molecule has 11 heteroatoms. The number of carboxylic acids is 2. The van der Waals surface area contributed by atoms with Gasteiger partial charge in [-0.25, -0.2) is 19.2 Å². The summed E-state index contributed by atoms with van der Waals surface area (Å²) >= 11 is 0. The second-order valence-electron chi connectivity index (χ2n) is 4.02. The van der Waals surface area contributed by atoms with Crippen molar-refractivity contribution in [3.05, 3.63) is 37.5 Å². The van der Waals surface area contributed by atoms with Crippen LogP contribution < -0.4 is 0 Å². The number of hydrogen-bond acceptors (Lipinski definition) is 9.